The van der Waals surface area contributed by atoms with Crippen molar-refractivity contribution < 1.29 is 0 Å². The minimum Gasteiger partial charge on any atom is -0.351 e. The molecule has 0 radical (unpaired) electrons. The quantitative estimate of drug-likeness (QED) is 0.813. The topological polar surface area (TPSA) is 30.9 Å². The molecule has 1 fully saturated rings. The Morgan fingerprint density at radius 1 is 1.50 bits per heavy atom. The third-order valence-electron chi connectivity index (χ3n) is 4.58. The summed E-state index contributed by atoms with van der Waals surface area (Å²) in [5, 5.41) is 0. The van der Waals surface area contributed by atoms with E-state index in [-0.39, 0.29) is 6.04 Å². The van der Waals surface area contributed by atoms with Crippen molar-refractivity contribution in [3.63, 3.8) is 0 Å². The molecule has 2 aliphatic carbocycles. The highest BCUT2D eigenvalue weighted by Crippen LogP contribution is 2.52. The van der Waals surface area contributed by atoms with Crippen molar-refractivity contribution in [1.82, 2.24) is 4.57 Å². The van der Waals surface area contributed by atoms with Crippen molar-refractivity contribution in [2.75, 3.05) is 0 Å². The highest BCUT2D eigenvalue weighted by atomic mass is 15.0. The summed E-state index contributed by atoms with van der Waals surface area (Å²) in [4.78, 5) is 0. The number of fused-ring (bicyclic) bond motifs is 1. The second kappa shape index (κ2) is 3.36. The molecule has 3 rings (SSSR count). The Morgan fingerprint density at radius 3 is 2.94 bits per heavy atom. The van der Waals surface area contributed by atoms with Gasteiger partial charge in [0.15, 0.2) is 0 Å². The summed E-state index contributed by atoms with van der Waals surface area (Å²) in [6.07, 6.45) is 7.28. The van der Waals surface area contributed by atoms with Gasteiger partial charge in [0.25, 0.3) is 0 Å². The standard InChI is InChI=1S/C14H22N2/c1-14(2)8-10(14)9-16-7-6-11-12(15)4-3-5-13(11)16/h6-7,10,12H,3-5,8-9,15H2,1-2H3. The van der Waals surface area contributed by atoms with Gasteiger partial charge in [-0.1, -0.05) is 13.8 Å². The van der Waals surface area contributed by atoms with Gasteiger partial charge in [-0.15, -0.1) is 0 Å². The molecule has 2 nitrogen and oxygen atoms in total. The van der Waals surface area contributed by atoms with Crippen LogP contribution in [0.1, 0.15) is 50.4 Å². The minimum atomic E-state index is 0.289. The number of nitrogens with zero attached hydrogens (tertiary/aromatic N) is 1. The number of nitrogens with two attached hydrogens (primary N) is 1. The first kappa shape index (κ1) is 10.4. The van der Waals surface area contributed by atoms with Gasteiger partial charge in [-0.2, -0.15) is 0 Å². The molecule has 0 bridgehead atoms. The van der Waals surface area contributed by atoms with Gasteiger partial charge in [0, 0.05) is 24.5 Å². The van der Waals surface area contributed by atoms with Crippen molar-refractivity contribution in [3.8, 4) is 0 Å². The Kier molecular flexibility index (Phi) is 2.19. The molecule has 0 spiro atoms. The summed E-state index contributed by atoms with van der Waals surface area (Å²) in [6.45, 7) is 5.95. The normalized spacial score (nSPS) is 31.2. The van der Waals surface area contributed by atoms with Crippen LogP contribution in [-0.2, 0) is 13.0 Å². The van der Waals surface area contributed by atoms with Crippen molar-refractivity contribution >= 4 is 0 Å². The lowest BCUT2D eigenvalue weighted by Crippen LogP contribution is -2.18. The van der Waals surface area contributed by atoms with Gasteiger partial charge in [-0.05, 0) is 48.6 Å². The smallest absolute Gasteiger partial charge is 0.0312 e. The van der Waals surface area contributed by atoms with Crippen LogP contribution in [0.5, 0.6) is 0 Å². The van der Waals surface area contributed by atoms with Gasteiger partial charge in [0.1, 0.15) is 0 Å². The third kappa shape index (κ3) is 1.60. The Labute approximate surface area is 97.8 Å². The lowest BCUT2D eigenvalue weighted by molar-refractivity contribution is 0.476. The fourth-order valence-corrected chi connectivity index (χ4v) is 3.09. The summed E-state index contributed by atoms with van der Waals surface area (Å²) in [5.41, 5.74) is 9.65. The maximum atomic E-state index is 6.15. The van der Waals surface area contributed by atoms with E-state index in [1.165, 1.54) is 37.1 Å². The summed E-state index contributed by atoms with van der Waals surface area (Å²) >= 11 is 0. The molecule has 0 aromatic carbocycles. The summed E-state index contributed by atoms with van der Waals surface area (Å²) in [7, 11) is 0. The molecule has 0 amide bonds. The Balaban J connectivity index is 1.81. The van der Waals surface area contributed by atoms with Gasteiger partial charge in [0.05, 0.1) is 0 Å². The van der Waals surface area contributed by atoms with Crippen molar-refractivity contribution in [3.05, 3.63) is 23.5 Å². The average Bonchev–Trinajstić information content (AvgIpc) is 2.66. The zero-order valence-corrected chi connectivity index (χ0v) is 10.4. The molecule has 16 heavy (non-hydrogen) atoms. The fraction of sp³-hybridized carbons (Fsp3) is 0.714. The average molecular weight is 218 g/mol. The number of hydrogen-bond donors (Lipinski definition) is 1. The van der Waals surface area contributed by atoms with Gasteiger partial charge < -0.3 is 10.3 Å². The van der Waals surface area contributed by atoms with Crippen LogP contribution in [0.3, 0.4) is 0 Å². The van der Waals surface area contributed by atoms with Gasteiger partial charge >= 0.3 is 0 Å². The maximum absolute atomic E-state index is 6.15. The highest BCUT2D eigenvalue weighted by Gasteiger charge is 2.45. The predicted octanol–water partition coefficient (Wildman–Crippen LogP) is 2.87. The lowest BCUT2D eigenvalue weighted by atomic mass is 9.93. The van der Waals surface area contributed by atoms with Crippen LogP contribution in [0.2, 0.25) is 0 Å². The molecule has 1 saturated carbocycles. The van der Waals surface area contributed by atoms with Crippen molar-refractivity contribution in [1.29, 1.82) is 0 Å². The summed E-state index contributed by atoms with van der Waals surface area (Å²) in [6, 6.07) is 2.53. The Bertz CT molecular complexity index is 403. The van der Waals surface area contributed by atoms with Crippen LogP contribution in [0.25, 0.3) is 0 Å². The van der Waals surface area contributed by atoms with E-state index in [1.54, 1.807) is 0 Å². The van der Waals surface area contributed by atoms with Gasteiger partial charge in [-0.25, -0.2) is 0 Å². The molecular formula is C14H22N2. The highest BCUT2D eigenvalue weighted by molar-refractivity contribution is 5.28. The first-order valence-electron chi connectivity index (χ1n) is 6.51. The number of rotatable bonds is 2. The van der Waals surface area contributed by atoms with E-state index < -0.39 is 0 Å². The fourth-order valence-electron chi connectivity index (χ4n) is 3.09. The zero-order valence-electron chi connectivity index (χ0n) is 10.4. The van der Waals surface area contributed by atoms with Crippen LogP contribution in [-0.4, -0.2) is 4.57 Å². The van der Waals surface area contributed by atoms with E-state index in [9.17, 15) is 0 Å². The van der Waals surface area contributed by atoms with Crippen LogP contribution in [0, 0.1) is 11.3 Å². The SMILES string of the molecule is CC1(C)CC1Cn1ccc2c1CCCC2N. The molecule has 2 unspecified atom stereocenters. The van der Waals surface area contributed by atoms with Crippen LogP contribution in [0.4, 0.5) is 0 Å². The van der Waals surface area contributed by atoms with Crippen LogP contribution < -0.4 is 5.73 Å². The van der Waals surface area contributed by atoms with E-state index >= 15 is 0 Å². The van der Waals surface area contributed by atoms with Gasteiger partial charge in [-0.3, -0.25) is 0 Å². The second-order valence-electron chi connectivity index (χ2n) is 6.26. The van der Waals surface area contributed by atoms with E-state index in [1.807, 2.05) is 0 Å². The maximum Gasteiger partial charge on any atom is 0.0312 e. The largest absolute Gasteiger partial charge is 0.351 e. The van der Waals surface area contributed by atoms with E-state index in [4.69, 9.17) is 5.73 Å². The molecule has 1 aromatic heterocycles. The van der Waals surface area contributed by atoms with Gasteiger partial charge in [0.2, 0.25) is 0 Å². The van der Waals surface area contributed by atoms with Crippen LogP contribution >= 0.6 is 0 Å². The monoisotopic (exact) mass is 218 g/mol. The molecule has 2 heteroatoms. The molecule has 2 aliphatic rings. The molecule has 2 N–H and O–H groups in total. The third-order valence-corrected chi connectivity index (χ3v) is 4.58. The van der Waals surface area contributed by atoms with Crippen molar-refractivity contribution in [2.45, 2.75) is 52.1 Å². The van der Waals surface area contributed by atoms with E-state index in [0.29, 0.717) is 5.41 Å². The summed E-state index contributed by atoms with van der Waals surface area (Å²) in [5.74, 6) is 0.877. The number of aromatic nitrogens is 1. The van der Waals surface area contributed by atoms with E-state index in [2.05, 4.69) is 30.7 Å². The molecule has 2 atom stereocenters. The van der Waals surface area contributed by atoms with Crippen LogP contribution in [0.15, 0.2) is 12.3 Å². The molecule has 0 saturated heterocycles. The summed E-state index contributed by atoms with van der Waals surface area (Å²) < 4.78 is 2.47. The molecule has 88 valence electrons. The molecule has 0 aliphatic heterocycles. The molecule has 1 aromatic rings. The predicted molar refractivity (Wildman–Crippen MR) is 66.2 cm³/mol. The molecule has 1 heterocycles. The number of hydrogen-bond acceptors (Lipinski definition) is 1. The molecular weight excluding hydrogens is 196 g/mol. The second-order valence-corrected chi connectivity index (χ2v) is 6.26. The lowest BCUT2D eigenvalue weighted by Gasteiger charge is -2.21. The first-order valence-corrected chi connectivity index (χ1v) is 6.51. The van der Waals surface area contributed by atoms with Crippen molar-refractivity contribution in [2.24, 2.45) is 17.1 Å². The first-order chi connectivity index (χ1) is 7.58. The Hall–Kier alpha value is -0.760. The zero-order chi connectivity index (χ0) is 11.3. The Morgan fingerprint density at radius 2 is 2.25 bits per heavy atom. The minimum absolute atomic E-state index is 0.289. The van der Waals surface area contributed by atoms with E-state index in [0.717, 1.165) is 12.3 Å².